The molecule has 1 aliphatic rings. The summed E-state index contributed by atoms with van der Waals surface area (Å²) in [6, 6.07) is 0. The molecular weight excluding hydrogens is 242 g/mol. The van der Waals surface area contributed by atoms with Gasteiger partial charge in [0.15, 0.2) is 5.96 Å². The van der Waals surface area contributed by atoms with Gasteiger partial charge in [0.05, 0.1) is 13.2 Å². The van der Waals surface area contributed by atoms with Crippen LogP contribution in [0.15, 0.2) is 4.99 Å². The average Bonchev–Trinajstić information content (AvgIpc) is 2.34. The van der Waals surface area contributed by atoms with Crippen LogP contribution in [0.4, 0.5) is 0 Å². The van der Waals surface area contributed by atoms with Crippen LogP contribution in [-0.4, -0.2) is 52.5 Å². The third-order valence-corrected chi connectivity index (χ3v) is 3.02. The van der Waals surface area contributed by atoms with E-state index in [0.29, 0.717) is 5.92 Å². The standard InChI is InChI=1S/C14H29N3O2/c1-12(2)8-18-7-5-6-16-13(15-4)17-9-14(3)10-19-11-14/h12H,5-11H2,1-4H3,(H2,15,16,17). The van der Waals surface area contributed by atoms with Crippen molar-refractivity contribution >= 4 is 5.96 Å². The summed E-state index contributed by atoms with van der Waals surface area (Å²) in [6.07, 6.45) is 0.994. The van der Waals surface area contributed by atoms with Gasteiger partial charge >= 0.3 is 0 Å². The van der Waals surface area contributed by atoms with E-state index < -0.39 is 0 Å². The predicted molar refractivity (Wildman–Crippen MR) is 78.6 cm³/mol. The summed E-state index contributed by atoms with van der Waals surface area (Å²) in [6.45, 7) is 11.6. The SMILES string of the molecule is CN=C(NCCCOCC(C)C)NCC1(C)COC1. The van der Waals surface area contributed by atoms with E-state index >= 15 is 0 Å². The zero-order valence-corrected chi connectivity index (χ0v) is 12.8. The Kier molecular flexibility index (Phi) is 7.16. The lowest BCUT2D eigenvalue weighted by Gasteiger charge is -2.38. The number of nitrogens with one attached hydrogen (secondary N) is 2. The molecule has 1 saturated heterocycles. The highest BCUT2D eigenvalue weighted by atomic mass is 16.5. The van der Waals surface area contributed by atoms with E-state index in [4.69, 9.17) is 9.47 Å². The summed E-state index contributed by atoms with van der Waals surface area (Å²) >= 11 is 0. The lowest BCUT2D eigenvalue weighted by molar-refractivity contribution is -0.0971. The molecule has 1 rings (SSSR count). The summed E-state index contributed by atoms with van der Waals surface area (Å²) in [7, 11) is 1.80. The van der Waals surface area contributed by atoms with Gasteiger partial charge in [-0.3, -0.25) is 4.99 Å². The van der Waals surface area contributed by atoms with Crippen LogP contribution in [0.3, 0.4) is 0 Å². The van der Waals surface area contributed by atoms with Crippen molar-refractivity contribution in [2.45, 2.75) is 27.2 Å². The number of rotatable bonds is 8. The van der Waals surface area contributed by atoms with E-state index in [1.165, 1.54) is 0 Å². The van der Waals surface area contributed by atoms with Crippen LogP contribution >= 0.6 is 0 Å². The number of nitrogens with zero attached hydrogens (tertiary/aromatic N) is 1. The molecule has 1 aliphatic heterocycles. The molecule has 0 saturated carbocycles. The van der Waals surface area contributed by atoms with E-state index in [1.54, 1.807) is 7.05 Å². The van der Waals surface area contributed by atoms with Crippen LogP contribution in [0.25, 0.3) is 0 Å². The van der Waals surface area contributed by atoms with E-state index in [9.17, 15) is 0 Å². The van der Waals surface area contributed by atoms with Gasteiger partial charge in [0.1, 0.15) is 0 Å². The van der Waals surface area contributed by atoms with E-state index in [-0.39, 0.29) is 5.41 Å². The molecule has 0 aromatic heterocycles. The van der Waals surface area contributed by atoms with Crippen molar-refractivity contribution in [3.05, 3.63) is 0 Å². The highest BCUT2D eigenvalue weighted by molar-refractivity contribution is 5.79. The molecule has 0 aliphatic carbocycles. The first-order chi connectivity index (χ1) is 9.06. The van der Waals surface area contributed by atoms with Crippen LogP contribution in [0.5, 0.6) is 0 Å². The van der Waals surface area contributed by atoms with E-state index in [0.717, 1.165) is 51.9 Å². The molecule has 19 heavy (non-hydrogen) atoms. The van der Waals surface area contributed by atoms with Gasteiger partial charge in [0.2, 0.25) is 0 Å². The van der Waals surface area contributed by atoms with Gasteiger partial charge in [-0.05, 0) is 12.3 Å². The summed E-state index contributed by atoms with van der Waals surface area (Å²) in [4.78, 5) is 4.21. The van der Waals surface area contributed by atoms with Crippen LogP contribution in [-0.2, 0) is 9.47 Å². The van der Waals surface area contributed by atoms with Crippen molar-refractivity contribution in [1.29, 1.82) is 0 Å². The Morgan fingerprint density at radius 2 is 2.11 bits per heavy atom. The van der Waals surface area contributed by atoms with Crippen molar-refractivity contribution in [1.82, 2.24) is 10.6 Å². The van der Waals surface area contributed by atoms with E-state index in [2.05, 4.69) is 36.4 Å². The molecule has 0 unspecified atom stereocenters. The molecule has 0 spiro atoms. The molecule has 0 aromatic rings. The monoisotopic (exact) mass is 271 g/mol. The third-order valence-electron chi connectivity index (χ3n) is 3.02. The molecular formula is C14H29N3O2. The fourth-order valence-corrected chi connectivity index (χ4v) is 1.77. The number of hydrogen-bond donors (Lipinski definition) is 2. The van der Waals surface area contributed by atoms with Gasteiger partial charge in [-0.25, -0.2) is 0 Å². The van der Waals surface area contributed by atoms with Gasteiger partial charge in [-0.1, -0.05) is 20.8 Å². The third kappa shape index (κ3) is 6.78. The number of aliphatic imine (C=N–C) groups is 1. The Labute approximate surface area is 117 Å². The zero-order chi connectivity index (χ0) is 14.1. The fraction of sp³-hybridized carbons (Fsp3) is 0.929. The van der Waals surface area contributed by atoms with Crippen LogP contribution in [0, 0.1) is 11.3 Å². The Balaban J connectivity index is 2.02. The summed E-state index contributed by atoms with van der Waals surface area (Å²) in [5.41, 5.74) is 0.262. The van der Waals surface area contributed by atoms with Crippen LogP contribution in [0.2, 0.25) is 0 Å². The molecule has 0 amide bonds. The largest absolute Gasteiger partial charge is 0.381 e. The zero-order valence-electron chi connectivity index (χ0n) is 12.8. The summed E-state index contributed by atoms with van der Waals surface area (Å²) in [5, 5.41) is 6.64. The second kappa shape index (κ2) is 8.38. The quantitative estimate of drug-likeness (QED) is 0.396. The molecule has 1 fully saturated rings. The molecule has 0 aromatic carbocycles. The van der Waals surface area contributed by atoms with Gasteiger partial charge in [0, 0.05) is 38.8 Å². The van der Waals surface area contributed by atoms with Crippen LogP contribution < -0.4 is 10.6 Å². The minimum atomic E-state index is 0.262. The second-order valence-corrected chi connectivity index (χ2v) is 5.98. The average molecular weight is 271 g/mol. The number of ether oxygens (including phenoxy) is 2. The molecule has 0 bridgehead atoms. The predicted octanol–water partition coefficient (Wildman–Crippen LogP) is 1.25. The lowest BCUT2D eigenvalue weighted by atomic mass is 9.89. The summed E-state index contributed by atoms with van der Waals surface area (Å²) < 4.78 is 10.8. The second-order valence-electron chi connectivity index (χ2n) is 5.98. The highest BCUT2D eigenvalue weighted by Crippen LogP contribution is 2.24. The summed E-state index contributed by atoms with van der Waals surface area (Å²) in [5.74, 6) is 1.46. The molecule has 112 valence electrons. The van der Waals surface area contributed by atoms with Gasteiger partial charge in [-0.15, -0.1) is 0 Å². The van der Waals surface area contributed by atoms with Crippen molar-refractivity contribution in [3.8, 4) is 0 Å². The van der Waals surface area contributed by atoms with Gasteiger partial charge < -0.3 is 20.1 Å². The van der Waals surface area contributed by atoms with Crippen molar-refractivity contribution in [2.24, 2.45) is 16.3 Å². The molecule has 5 heteroatoms. The Morgan fingerprint density at radius 1 is 1.37 bits per heavy atom. The maximum absolute atomic E-state index is 5.53. The first kappa shape index (κ1) is 16.2. The fourth-order valence-electron chi connectivity index (χ4n) is 1.77. The minimum Gasteiger partial charge on any atom is -0.381 e. The molecule has 0 atom stereocenters. The van der Waals surface area contributed by atoms with Crippen molar-refractivity contribution in [3.63, 3.8) is 0 Å². The van der Waals surface area contributed by atoms with Crippen LogP contribution in [0.1, 0.15) is 27.2 Å². The molecule has 1 heterocycles. The first-order valence-corrected chi connectivity index (χ1v) is 7.16. The number of hydrogen-bond acceptors (Lipinski definition) is 3. The maximum atomic E-state index is 5.53. The first-order valence-electron chi connectivity index (χ1n) is 7.16. The topological polar surface area (TPSA) is 54.9 Å². The highest BCUT2D eigenvalue weighted by Gasteiger charge is 2.33. The normalized spacial score (nSPS) is 18.3. The Bertz CT molecular complexity index is 276. The number of guanidine groups is 1. The van der Waals surface area contributed by atoms with Gasteiger partial charge in [-0.2, -0.15) is 0 Å². The Hall–Kier alpha value is -0.810. The molecule has 0 radical (unpaired) electrons. The minimum absolute atomic E-state index is 0.262. The Morgan fingerprint density at radius 3 is 2.63 bits per heavy atom. The molecule has 5 nitrogen and oxygen atoms in total. The smallest absolute Gasteiger partial charge is 0.191 e. The maximum Gasteiger partial charge on any atom is 0.191 e. The van der Waals surface area contributed by atoms with Gasteiger partial charge in [0.25, 0.3) is 0 Å². The van der Waals surface area contributed by atoms with Crippen molar-refractivity contribution < 1.29 is 9.47 Å². The van der Waals surface area contributed by atoms with Crippen molar-refractivity contribution in [2.75, 3.05) is 46.6 Å². The molecule has 2 N–H and O–H groups in total. The van der Waals surface area contributed by atoms with E-state index in [1.807, 2.05) is 0 Å². The lowest BCUT2D eigenvalue weighted by Crippen LogP contribution is -2.51.